The van der Waals surface area contributed by atoms with Crippen molar-refractivity contribution in [3.63, 3.8) is 0 Å². The fourth-order valence-electron chi connectivity index (χ4n) is 2.07. The van der Waals surface area contributed by atoms with Gasteiger partial charge in [0.25, 0.3) is 0 Å². The van der Waals surface area contributed by atoms with Crippen molar-refractivity contribution in [2.75, 3.05) is 6.54 Å². The zero-order chi connectivity index (χ0) is 11.7. The zero-order valence-corrected chi connectivity index (χ0v) is 11.2. The first-order chi connectivity index (χ1) is 7.59. The molecule has 4 heteroatoms. The van der Waals surface area contributed by atoms with Crippen LogP contribution in [0.5, 0.6) is 0 Å². The van der Waals surface area contributed by atoms with Crippen LogP contribution in [0.1, 0.15) is 37.3 Å². The van der Waals surface area contributed by atoms with Gasteiger partial charge in [0.05, 0.1) is 10.9 Å². The highest BCUT2D eigenvalue weighted by Gasteiger charge is 2.31. The molecule has 1 aliphatic rings. The third kappa shape index (κ3) is 2.17. The highest BCUT2D eigenvalue weighted by molar-refractivity contribution is 9.10. The van der Waals surface area contributed by atoms with Gasteiger partial charge in [-0.25, -0.2) is 0 Å². The van der Waals surface area contributed by atoms with Gasteiger partial charge < -0.3 is 9.32 Å². The predicted molar refractivity (Wildman–Crippen MR) is 65.5 cm³/mol. The molecular weight excluding hydrogens is 270 g/mol. The lowest BCUT2D eigenvalue weighted by atomic mass is 10.1. The topological polar surface area (TPSA) is 33.5 Å². The molecule has 1 fully saturated rings. The second-order valence-corrected chi connectivity index (χ2v) is 5.37. The van der Waals surface area contributed by atoms with Gasteiger partial charge >= 0.3 is 0 Å². The van der Waals surface area contributed by atoms with E-state index in [9.17, 15) is 4.79 Å². The molecule has 0 spiro atoms. The molecule has 16 heavy (non-hydrogen) atoms. The van der Waals surface area contributed by atoms with Crippen LogP contribution in [-0.2, 0) is 4.79 Å². The molecule has 0 saturated carbocycles. The third-order valence-electron chi connectivity index (χ3n) is 3.05. The lowest BCUT2D eigenvalue weighted by Crippen LogP contribution is -2.42. The second-order valence-electron chi connectivity index (χ2n) is 4.27. The normalized spacial score (nSPS) is 23.6. The van der Waals surface area contributed by atoms with E-state index in [1.54, 1.807) is 0 Å². The number of carbonyl (C=O) groups is 1. The summed E-state index contributed by atoms with van der Waals surface area (Å²) in [5.41, 5.74) is 0. The number of amides is 1. The fourth-order valence-corrected chi connectivity index (χ4v) is 2.66. The van der Waals surface area contributed by atoms with E-state index < -0.39 is 0 Å². The van der Waals surface area contributed by atoms with Crippen molar-refractivity contribution in [3.05, 3.63) is 23.7 Å². The monoisotopic (exact) mass is 285 g/mol. The number of likely N-dealkylation sites (tertiary alicyclic amines) is 1. The number of rotatable bonds is 2. The van der Waals surface area contributed by atoms with E-state index in [0.717, 1.165) is 30.9 Å². The number of furan rings is 1. The molecule has 0 radical (unpaired) electrons. The summed E-state index contributed by atoms with van der Waals surface area (Å²) in [4.78, 5) is 13.8. The molecule has 1 aliphatic heterocycles. The van der Waals surface area contributed by atoms with Gasteiger partial charge in [-0.3, -0.25) is 4.79 Å². The predicted octanol–water partition coefficient (Wildman–Crippen LogP) is 3.03. The van der Waals surface area contributed by atoms with Crippen molar-refractivity contribution in [2.24, 2.45) is 0 Å². The molecule has 0 aliphatic carbocycles. The Morgan fingerprint density at radius 3 is 2.94 bits per heavy atom. The van der Waals surface area contributed by atoms with Crippen LogP contribution in [0.25, 0.3) is 0 Å². The molecule has 0 bridgehead atoms. The fraction of sp³-hybridized carbons (Fsp3) is 0.583. The van der Waals surface area contributed by atoms with Gasteiger partial charge in [0.15, 0.2) is 0 Å². The van der Waals surface area contributed by atoms with Crippen LogP contribution < -0.4 is 0 Å². The maximum absolute atomic E-state index is 12.0. The van der Waals surface area contributed by atoms with Crippen molar-refractivity contribution in [2.45, 2.75) is 37.6 Å². The molecule has 1 saturated heterocycles. The molecule has 3 nitrogen and oxygen atoms in total. The SMILES string of the molecule is Cc1ccc(C(C)N2CCCC(Br)C2=O)o1. The van der Waals surface area contributed by atoms with Gasteiger partial charge in [0.1, 0.15) is 11.5 Å². The number of nitrogens with zero attached hydrogens (tertiary/aromatic N) is 1. The zero-order valence-electron chi connectivity index (χ0n) is 9.57. The Hall–Kier alpha value is -0.770. The van der Waals surface area contributed by atoms with Crippen molar-refractivity contribution in [3.8, 4) is 0 Å². The quantitative estimate of drug-likeness (QED) is 0.783. The Bertz CT molecular complexity index is 388. The van der Waals surface area contributed by atoms with Crippen LogP contribution in [-0.4, -0.2) is 22.2 Å². The average Bonchev–Trinajstić information content (AvgIpc) is 2.68. The first kappa shape index (κ1) is 11.7. The molecule has 1 aromatic rings. The first-order valence-corrected chi connectivity index (χ1v) is 6.52. The van der Waals surface area contributed by atoms with E-state index in [2.05, 4.69) is 15.9 Å². The molecule has 0 N–H and O–H groups in total. The number of hydrogen-bond donors (Lipinski definition) is 0. The van der Waals surface area contributed by atoms with Crippen LogP contribution in [0.2, 0.25) is 0 Å². The molecular formula is C12H16BrNO2. The summed E-state index contributed by atoms with van der Waals surface area (Å²) in [5, 5.41) is 0. The minimum Gasteiger partial charge on any atom is -0.464 e. The number of halogens is 1. The van der Waals surface area contributed by atoms with Gasteiger partial charge in [-0.15, -0.1) is 0 Å². The Labute approximate surface area is 104 Å². The minimum absolute atomic E-state index is 0.0280. The van der Waals surface area contributed by atoms with Gasteiger partial charge in [-0.05, 0) is 38.8 Å². The third-order valence-corrected chi connectivity index (χ3v) is 3.90. The molecule has 2 unspecified atom stereocenters. The highest BCUT2D eigenvalue weighted by Crippen LogP contribution is 2.28. The van der Waals surface area contributed by atoms with E-state index in [1.165, 1.54) is 0 Å². The molecule has 1 aromatic heterocycles. The number of alkyl halides is 1. The standard InChI is InChI=1S/C12H16BrNO2/c1-8-5-6-11(16-8)9(2)14-7-3-4-10(13)12(14)15/h5-6,9-10H,3-4,7H2,1-2H3. The molecule has 2 atom stereocenters. The Kier molecular flexibility index (Phi) is 3.38. The van der Waals surface area contributed by atoms with Crippen molar-refractivity contribution < 1.29 is 9.21 Å². The summed E-state index contributed by atoms with van der Waals surface area (Å²) in [6.45, 7) is 4.75. The lowest BCUT2D eigenvalue weighted by molar-refractivity contribution is -0.135. The van der Waals surface area contributed by atoms with E-state index in [-0.39, 0.29) is 16.8 Å². The lowest BCUT2D eigenvalue weighted by Gasteiger charge is -2.33. The van der Waals surface area contributed by atoms with Crippen LogP contribution in [0, 0.1) is 6.92 Å². The summed E-state index contributed by atoms with van der Waals surface area (Å²) in [7, 11) is 0. The van der Waals surface area contributed by atoms with E-state index >= 15 is 0 Å². The Balaban J connectivity index is 2.14. The maximum Gasteiger partial charge on any atom is 0.236 e. The Morgan fingerprint density at radius 2 is 2.31 bits per heavy atom. The minimum atomic E-state index is -0.0280. The largest absolute Gasteiger partial charge is 0.464 e. The average molecular weight is 286 g/mol. The molecule has 2 heterocycles. The molecule has 88 valence electrons. The molecule has 0 aromatic carbocycles. The summed E-state index contributed by atoms with van der Waals surface area (Å²) in [6.07, 6.45) is 1.98. The summed E-state index contributed by atoms with van der Waals surface area (Å²) < 4.78 is 5.57. The van der Waals surface area contributed by atoms with Crippen molar-refractivity contribution in [1.82, 2.24) is 4.90 Å². The number of piperidine rings is 1. The van der Waals surface area contributed by atoms with Crippen molar-refractivity contribution in [1.29, 1.82) is 0 Å². The summed E-state index contributed by atoms with van der Waals surface area (Å²) in [5.74, 6) is 1.93. The van der Waals surface area contributed by atoms with Gasteiger partial charge in [0, 0.05) is 6.54 Å². The van der Waals surface area contributed by atoms with Gasteiger partial charge in [-0.1, -0.05) is 15.9 Å². The van der Waals surface area contributed by atoms with E-state index in [4.69, 9.17) is 4.42 Å². The van der Waals surface area contributed by atoms with E-state index in [0.29, 0.717) is 0 Å². The highest BCUT2D eigenvalue weighted by atomic mass is 79.9. The van der Waals surface area contributed by atoms with Crippen LogP contribution in [0.3, 0.4) is 0 Å². The van der Waals surface area contributed by atoms with Crippen LogP contribution in [0.15, 0.2) is 16.5 Å². The summed E-state index contributed by atoms with van der Waals surface area (Å²) in [6, 6.07) is 3.92. The molecule has 2 rings (SSSR count). The second kappa shape index (κ2) is 4.62. The number of hydrogen-bond acceptors (Lipinski definition) is 2. The van der Waals surface area contributed by atoms with Crippen LogP contribution in [0.4, 0.5) is 0 Å². The Morgan fingerprint density at radius 1 is 1.56 bits per heavy atom. The van der Waals surface area contributed by atoms with E-state index in [1.807, 2.05) is 30.9 Å². The van der Waals surface area contributed by atoms with Crippen molar-refractivity contribution >= 4 is 21.8 Å². The number of carbonyl (C=O) groups excluding carboxylic acids is 1. The summed E-state index contributed by atoms with van der Waals surface area (Å²) >= 11 is 3.42. The number of aryl methyl sites for hydroxylation is 1. The van der Waals surface area contributed by atoms with Gasteiger partial charge in [-0.2, -0.15) is 0 Å². The van der Waals surface area contributed by atoms with Crippen LogP contribution >= 0.6 is 15.9 Å². The molecule has 1 amide bonds. The smallest absolute Gasteiger partial charge is 0.236 e. The first-order valence-electron chi connectivity index (χ1n) is 5.60. The van der Waals surface area contributed by atoms with Gasteiger partial charge in [0.2, 0.25) is 5.91 Å². The maximum atomic E-state index is 12.0.